The zero-order chi connectivity index (χ0) is 12.5. The third-order valence-corrected chi connectivity index (χ3v) is 4.30. The Hall–Kier alpha value is -0.480. The first-order valence-electron chi connectivity index (χ1n) is 6.44. The zero-order valence-electron chi connectivity index (χ0n) is 10.2. The van der Waals surface area contributed by atoms with E-state index in [1.165, 1.54) is 12.8 Å². The molecule has 98 valence electrons. The topological polar surface area (TPSA) is 18.5 Å². The average Bonchev–Trinajstić information content (AvgIpc) is 3.18. The zero-order valence-corrected chi connectivity index (χ0v) is 11.7. The van der Waals surface area contributed by atoms with Gasteiger partial charge in [-0.05, 0) is 25.0 Å². The van der Waals surface area contributed by atoms with Gasteiger partial charge in [0.2, 0.25) is 0 Å². The van der Waals surface area contributed by atoms with Crippen molar-refractivity contribution < 1.29 is 0 Å². The lowest BCUT2D eigenvalue weighted by atomic mass is 10.2. The third kappa shape index (κ3) is 2.75. The van der Waals surface area contributed by atoms with Crippen LogP contribution in [-0.2, 0) is 0 Å². The van der Waals surface area contributed by atoms with Crippen molar-refractivity contribution in [1.82, 2.24) is 10.4 Å². The standard InChI is InChI=1S/C13H17Cl2N3/c14-11-2-1-3-12(13(11)15)17-6-8-18(9-7-17)16-10-4-5-10/h1-3,10,16H,4-9H2. The number of hydrogen-bond acceptors (Lipinski definition) is 3. The lowest BCUT2D eigenvalue weighted by Crippen LogP contribution is -2.52. The Morgan fingerprint density at radius 1 is 1.06 bits per heavy atom. The molecule has 0 bridgehead atoms. The van der Waals surface area contributed by atoms with Gasteiger partial charge in [-0.25, -0.2) is 5.01 Å². The molecular weight excluding hydrogens is 269 g/mol. The third-order valence-electron chi connectivity index (χ3n) is 3.49. The largest absolute Gasteiger partial charge is 0.368 e. The van der Waals surface area contributed by atoms with Crippen LogP contribution >= 0.6 is 23.2 Å². The molecule has 1 aromatic rings. The molecule has 1 saturated carbocycles. The summed E-state index contributed by atoms with van der Waals surface area (Å²) in [6.07, 6.45) is 2.64. The monoisotopic (exact) mass is 285 g/mol. The van der Waals surface area contributed by atoms with Gasteiger partial charge in [-0.1, -0.05) is 29.3 Å². The second-order valence-electron chi connectivity index (χ2n) is 4.95. The molecule has 0 amide bonds. The normalized spacial score (nSPS) is 21.3. The first-order chi connectivity index (χ1) is 8.74. The van der Waals surface area contributed by atoms with E-state index in [1.807, 2.05) is 18.2 Å². The molecule has 0 radical (unpaired) electrons. The molecule has 1 N–H and O–H groups in total. The van der Waals surface area contributed by atoms with Crippen LogP contribution in [0.5, 0.6) is 0 Å². The molecule has 2 aliphatic rings. The van der Waals surface area contributed by atoms with Crippen molar-refractivity contribution in [3.8, 4) is 0 Å². The highest BCUT2D eigenvalue weighted by molar-refractivity contribution is 6.43. The molecule has 1 saturated heterocycles. The summed E-state index contributed by atoms with van der Waals surface area (Å²) in [7, 11) is 0. The number of hydrogen-bond donors (Lipinski definition) is 1. The van der Waals surface area contributed by atoms with Gasteiger partial charge in [-0.2, -0.15) is 0 Å². The fraction of sp³-hybridized carbons (Fsp3) is 0.538. The Kier molecular flexibility index (Phi) is 3.66. The number of rotatable bonds is 3. The van der Waals surface area contributed by atoms with Gasteiger partial charge >= 0.3 is 0 Å². The fourth-order valence-electron chi connectivity index (χ4n) is 2.28. The summed E-state index contributed by atoms with van der Waals surface area (Å²) in [6.45, 7) is 4.03. The molecule has 0 aromatic heterocycles. The predicted molar refractivity (Wildman–Crippen MR) is 76.4 cm³/mol. The predicted octanol–water partition coefficient (Wildman–Crippen LogP) is 2.78. The van der Waals surface area contributed by atoms with E-state index in [2.05, 4.69) is 15.3 Å². The van der Waals surface area contributed by atoms with Crippen LogP contribution in [0.15, 0.2) is 18.2 Å². The maximum absolute atomic E-state index is 6.25. The summed E-state index contributed by atoms with van der Waals surface area (Å²) in [5.74, 6) is 0. The van der Waals surface area contributed by atoms with Crippen molar-refractivity contribution in [3.05, 3.63) is 28.2 Å². The van der Waals surface area contributed by atoms with E-state index >= 15 is 0 Å². The summed E-state index contributed by atoms with van der Waals surface area (Å²) in [5, 5.41) is 3.63. The number of benzene rings is 1. The van der Waals surface area contributed by atoms with E-state index in [4.69, 9.17) is 23.2 Å². The van der Waals surface area contributed by atoms with Crippen molar-refractivity contribution in [3.63, 3.8) is 0 Å². The molecule has 0 spiro atoms. The summed E-state index contributed by atoms with van der Waals surface area (Å²) >= 11 is 12.3. The minimum Gasteiger partial charge on any atom is -0.368 e. The van der Waals surface area contributed by atoms with E-state index in [9.17, 15) is 0 Å². The number of halogens is 2. The number of nitrogens with one attached hydrogen (secondary N) is 1. The molecule has 1 aromatic carbocycles. The Morgan fingerprint density at radius 2 is 1.78 bits per heavy atom. The minimum absolute atomic E-state index is 0.632. The van der Waals surface area contributed by atoms with Crippen LogP contribution in [0, 0.1) is 0 Å². The van der Waals surface area contributed by atoms with Gasteiger partial charge in [-0.3, -0.25) is 5.43 Å². The van der Waals surface area contributed by atoms with Crippen molar-refractivity contribution in [1.29, 1.82) is 0 Å². The molecule has 5 heteroatoms. The molecule has 3 nitrogen and oxygen atoms in total. The van der Waals surface area contributed by atoms with Gasteiger partial charge in [0.05, 0.1) is 15.7 Å². The van der Waals surface area contributed by atoms with Gasteiger partial charge in [0.1, 0.15) is 0 Å². The number of piperazine rings is 1. The lowest BCUT2D eigenvalue weighted by Gasteiger charge is -2.36. The number of hydrazine groups is 1. The minimum atomic E-state index is 0.632. The maximum Gasteiger partial charge on any atom is 0.0825 e. The van der Waals surface area contributed by atoms with Crippen LogP contribution in [-0.4, -0.2) is 37.2 Å². The van der Waals surface area contributed by atoms with Crippen LogP contribution in [0.2, 0.25) is 10.0 Å². The summed E-state index contributed by atoms with van der Waals surface area (Å²) < 4.78 is 0. The summed E-state index contributed by atoms with van der Waals surface area (Å²) in [5.41, 5.74) is 4.59. The molecule has 0 unspecified atom stereocenters. The molecule has 0 atom stereocenters. The number of nitrogens with zero attached hydrogens (tertiary/aromatic N) is 2. The molecule has 1 heterocycles. The molecule has 1 aliphatic heterocycles. The highest BCUT2D eigenvalue weighted by Crippen LogP contribution is 2.32. The highest BCUT2D eigenvalue weighted by Gasteiger charge is 2.26. The molecular formula is C13H17Cl2N3. The van der Waals surface area contributed by atoms with Gasteiger partial charge < -0.3 is 4.90 Å². The van der Waals surface area contributed by atoms with Crippen LogP contribution in [0.25, 0.3) is 0 Å². The van der Waals surface area contributed by atoms with Crippen molar-refractivity contribution >= 4 is 28.9 Å². The Morgan fingerprint density at radius 3 is 2.44 bits per heavy atom. The van der Waals surface area contributed by atoms with Crippen LogP contribution < -0.4 is 10.3 Å². The Labute approximate surface area is 118 Å². The summed E-state index contributed by atoms with van der Waals surface area (Å²) in [4.78, 5) is 2.30. The first kappa shape index (κ1) is 12.5. The molecule has 3 rings (SSSR count). The van der Waals surface area contributed by atoms with E-state index in [0.29, 0.717) is 10.0 Å². The highest BCUT2D eigenvalue weighted by atomic mass is 35.5. The maximum atomic E-state index is 6.25. The van der Waals surface area contributed by atoms with E-state index in [-0.39, 0.29) is 0 Å². The Bertz CT molecular complexity index is 426. The molecule has 2 fully saturated rings. The molecule has 1 aliphatic carbocycles. The second-order valence-corrected chi connectivity index (χ2v) is 5.74. The SMILES string of the molecule is Clc1cccc(N2CCN(NC3CC3)CC2)c1Cl. The molecule has 18 heavy (non-hydrogen) atoms. The summed E-state index contributed by atoms with van der Waals surface area (Å²) in [6, 6.07) is 6.56. The van der Waals surface area contributed by atoms with Crippen molar-refractivity contribution in [2.24, 2.45) is 0 Å². The van der Waals surface area contributed by atoms with Crippen LogP contribution in [0.1, 0.15) is 12.8 Å². The second kappa shape index (κ2) is 5.25. The van der Waals surface area contributed by atoms with E-state index < -0.39 is 0 Å². The first-order valence-corrected chi connectivity index (χ1v) is 7.20. The van der Waals surface area contributed by atoms with E-state index in [0.717, 1.165) is 37.9 Å². The van der Waals surface area contributed by atoms with Gasteiger partial charge in [0.15, 0.2) is 0 Å². The fourth-order valence-corrected chi connectivity index (χ4v) is 2.70. The van der Waals surface area contributed by atoms with E-state index in [1.54, 1.807) is 0 Å². The quantitative estimate of drug-likeness (QED) is 0.921. The smallest absolute Gasteiger partial charge is 0.0825 e. The van der Waals surface area contributed by atoms with Crippen molar-refractivity contribution in [2.45, 2.75) is 18.9 Å². The Balaban J connectivity index is 1.62. The number of anilines is 1. The average molecular weight is 286 g/mol. The van der Waals surface area contributed by atoms with Crippen LogP contribution in [0.4, 0.5) is 5.69 Å². The lowest BCUT2D eigenvalue weighted by molar-refractivity contribution is 0.172. The van der Waals surface area contributed by atoms with Gasteiger partial charge in [0, 0.05) is 32.2 Å². The van der Waals surface area contributed by atoms with Gasteiger partial charge in [-0.15, -0.1) is 0 Å². The van der Waals surface area contributed by atoms with Crippen LogP contribution in [0.3, 0.4) is 0 Å². The van der Waals surface area contributed by atoms with Crippen molar-refractivity contribution in [2.75, 3.05) is 31.1 Å². The van der Waals surface area contributed by atoms with Gasteiger partial charge in [0.25, 0.3) is 0 Å².